The first kappa shape index (κ1) is 19.0. The summed E-state index contributed by atoms with van der Waals surface area (Å²) < 4.78 is 6.36. The Balaban J connectivity index is 2.16. The van der Waals surface area contributed by atoms with Crippen molar-refractivity contribution in [1.82, 2.24) is 4.90 Å². The molecular weight excluding hydrogens is 384 g/mol. The molecule has 0 saturated carbocycles. The average Bonchev–Trinajstić information content (AvgIpc) is 2.55. The molecular formula is C19H21BrN2O3. The number of nitrogens with zero attached hydrogens (tertiary/aromatic N) is 1. The standard InChI is InChI=1S/C19H21BrN2O3/c1-12(2)25-17-9-8-13(11-16(17)20)18(23)21-15-7-5-6-14(10-15)19(24)22(3)4/h5-12H,1-4H3,(H,21,23). The van der Waals surface area contributed by atoms with Crippen LogP contribution in [-0.2, 0) is 0 Å². The van der Waals surface area contributed by atoms with E-state index in [9.17, 15) is 9.59 Å². The van der Waals surface area contributed by atoms with Crippen molar-refractivity contribution in [2.24, 2.45) is 0 Å². The fourth-order valence-corrected chi connectivity index (χ4v) is 2.66. The van der Waals surface area contributed by atoms with Gasteiger partial charge < -0.3 is 15.0 Å². The number of halogens is 1. The minimum absolute atomic E-state index is 0.0490. The fourth-order valence-electron chi connectivity index (χ4n) is 2.18. The molecule has 0 aliphatic rings. The zero-order valence-corrected chi connectivity index (χ0v) is 16.3. The van der Waals surface area contributed by atoms with Crippen LogP contribution in [0.4, 0.5) is 5.69 Å². The zero-order valence-electron chi connectivity index (χ0n) is 14.7. The lowest BCUT2D eigenvalue weighted by Crippen LogP contribution is -2.22. The van der Waals surface area contributed by atoms with Gasteiger partial charge in [-0.2, -0.15) is 0 Å². The van der Waals surface area contributed by atoms with Gasteiger partial charge in [-0.3, -0.25) is 9.59 Å². The third-order valence-electron chi connectivity index (χ3n) is 3.33. The Morgan fingerprint density at radius 2 is 1.80 bits per heavy atom. The maximum atomic E-state index is 12.4. The third-order valence-corrected chi connectivity index (χ3v) is 3.95. The molecule has 0 heterocycles. The molecule has 1 N–H and O–H groups in total. The number of hydrogen-bond donors (Lipinski definition) is 1. The van der Waals surface area contributed by atoms with E-state index in [1.54, 1.807) is 56.6 Å². The number of rotatable bonds is 5. The molecule has 0 unspecified atom stereocenters. The largest absolute Gasteiger partial charge is 0.490 e. The minimum Gasteiger partial charge on any atom is -0.490 e. The molecule has 6 heteroatoms. The molecule has 5 nitrogen and oxygen atoms in total. The molecule has 2 rings (SSSR count). The van der Waals surface area contributed by atoms with E-state index in [1.807, 2.05) is 13.8 Å². The molecule has 2 amide bonds. The summed E-state index contributed by atoms with van der Waals surface area (Å²) in [7, 11) is 3.37. The summed E-state index contributed by atoms with van der Waals surface area (Å²) >= 11 is 3.42. The van der Waals surface area contributed by atoms with Crippen LogP contribution in [0.15, 0.2) is 46.9 Å². The summed E-state index contributed by atoms with van der Waals surface area (Å²) in [5.74, 6) is 0.311. The number of anilines is 1. The van der Waals surface area contributed by atoms with E-state index in [-0.39, 0.29) is 17.9 Å². The van der Waals surface area contributed by atoms with E-state index in [1.165, 1.54) is 4.90 Å². The van der Waals surface area contributed by atoms with Crippen molar-refractivity contribution >= 4 is 33.4 Å². The van der Waals surface area contributed by atoms with Crippen LogP contribution in [-0.4, -0.2) is 36.9 Å². The number of carbonyl (C=O) groups is 2. The Morgan fingerprint density at radius 1 is 1.08 bits per heavy atom. The first-order valence-electron chi connectivity index (χ1n) is 7.87. The van der Waals surface area contributed by atoms with Crippen LogP contribution in [0, 0.1) is 0 Å². The van der Waals surface area contributed by atoms with E-state index < -0.39 is 0 Å². The quantitative estimate of drug-likeness (QED) is 0.812. The van der Waals surface area contributed by atoms with Crippen LogP contribution >= 0.6 is 15.9 Å². The summed E-state index contributed by atoms with van der Waals surface area (Å²) in [5.41, 5.74) is 1.58. The maximum Gasteiger partial charge on any atom is 0.255 e. The lowest BCUT2D eigenvalue weighted by Gasteiger charge is -2.13. The van der Waals surface area contributed by atoms with Crippen LogP contribution in [0.1, 0.15) is 34.6 Å². The van der Waals surface area contributed by atoms with Crippen molar-refractivity contribution in [2.75, 3.05) is 19.4 Å². The Labute approximate surface area is 156 Å². The molecule has 0 atom stereocenters. The highest BCUT2D eigenvalue weighted by molar-refractivity contribution is 9.10. The second-order valence-corrected chi connectivity index (χ2v) is 6.90. The summed E-state index contributed by atoms with van der Waals surface area (Å²) in [6.07, 6.45) is 0.0490. The van der Waals surface area contributed by atoms with Crippen molar-refractivity contribution in [2.45, 2.75) is 20.0 Å². The normalized spacial score (nSPS) is 10.5. The van der Waals surface area contributed by atoms with E-state index in [2.05, 4.69) is 21.2 Å². The number of ether oxygens (including phenoxy) is 1. The Morgan fingerprint density at radius 3 is 2.40 bits per heavy atom. The molecule has 0 spiro atoms. The van der Waals surface area contributed by atoms with Crippen molar-refractivity contribution in [1.29, 1.82) is 0 Å². The predicted molar refractivity (Wildman–Crippen MR) is 102 cm³/mol. The van der Waals surface area contributed by atoms with Crippen LogP contribution in [0.5, 0.6) is 5.75 Å². The molecule has 0 radical (unpaired) electrons. The van der Waals surface area contributed by atoms with Gasteiger partial charge in [-0.25, -0.2) is 0 Å². The third kappa shape index (κ3) is 5.06. The molecule has 0 aliphatic heterocycles. The molecule has 2 aromatic rings. The molecule has 2 aromatic carbocycles. The van der Waals surface area contributed by atoms with Gasteiger partial charge in [0.15, 0.2) is 0 Å². The molecule has 0 aromatic heterocycles. The van der Waals surface area contributed by atoms with Crippen molar-refractivity contribution in [3.63, 3.8) is 0 Å². The van der Waals surface area contributed by atoms with Crippen LogP contribution < -0.4 is 10.1 Å². The van der Waals surface area contributed by atoms with E-state index in [0.717, 1.165) is 0 Å². The SMILES string of the molecule is CC(C)Oc1ccc(C(=O)Nc2cccc(C(=O)N(C)C)c2)cc1Br. The van der Waals surface area contributed by atoms with Crippen LogP contribution in [0.2, 0.25) is 0 Å². The first-order valence-corrected chi connectivity index (χ1v) is 8.66. The zero-order chi connectivity index (χ0) is 18.6. The highest BCUT2D eigenvalue weighted by Gasteiger charge is 2.12. The lowest BCUT2D eigenvalue weighted by molar-refractivity contribution is 0.0827. The Kier molecular flexibility index (Phi) is 6.20. The Bertz CT molecular complexity index is 788. The first-order chi connectivity index (χ1) is 11.8. The van der Waals surface area contributed by atoms with Gasteiger partial charge in [0, 0.05) is 30.9 Å². The van der Waals surface area contributed by atoms with E-state index in [0.29, 0.717) is 27.0 Å². The highest BCUT2D eigenvalue weighted by Crippen LogP contribution is 2.27. The molecule has 25 heavy (non-hydrogen) atoms. The topological polar surface area (TPSA) is 58.6 Å². The van der Waals surface area contributed by atoms with E-state index in [4.69, 9.17) is 4.74 Å². The minimum atomic E-state index is -0.258. The van der Waals surface area contributed by atoms with Gasteiger partial charge >= 0.3 is 0 Å². The number of hydrogen-bond acceptors (Lipinski definition) is 3. The molecule has 0 aliphatic carbocycles. The second-order valence-electron chi connectivity index (χ2n) is 6.05. The van der Waals surface area contributed by atoms with Gasteiger partial charge in [0.1, 0.15) is 5.75 Å². The number of amides is 2. The number of carbonyl (C=O) groups excluding carboxylic acids is 2. The summed E-state index contributed by atoms with van der Waals surface area (Å²) in [5, 5.41) is 2.81. The average molecular weight is 405 g/mol. The number of nitrogens with one attached hydrogen (secondary N) is 1. The fraction of sp³-hybridized carbons (Fsp3) is 0.263. The Hall–Kier alpha value is -2.34. The summed E-state index contributed by atoms with van der Waals surface area (Å²) in [6, 6.07) is 12.0. The lowest BCUT2D eigenvalue weighted by atomic mass is 10.1. The highest BCUT2D eigenvalue weighted by atomic mass is 79.9. The van der Waals surface area contributed by atoms with Crippen molar-refractivity contribution < 1.29 is 14.3 Å². The van der Waals surface area contributed by atoms with Crippen molar-refractivity contribution in [3.8, 4) is 5.75 Å². The van der Waals surface area contributed by atoms with Gasteiger partial charge in [0.05, 0.1) is 10.6 Å². The molecule has 0 bridgehead atoms. The van der Waals surface area contributed by atoms with Crippen LogP contribution in [0.25, 0.3) is 0 Å². The predicted octanol–water partition coefficient (Wildman–Crippen LogP) is 4.19. The second kappa shape index (κ2) is 8.16. The number of benzene rings is 2. The van der Waals surface area contributed by atoms with Gasteiger partial charge in [0.2, 0.25) is 0 Å². The van der Waals surface area contributed by atoms with Gasteiger partial charge in [-0.15, -0.1) is 0 Å². The van der Waals surface area contributed by atoms with Gasteiger partial charge in [-0.05, 0) is 66.2 Å². The summed E-state index contributed by atoms with van der Waals surface area (Å²) in [6.45, 7) is 3.88. The van der Waals surface area contributed by atoms with Gasteiger partial charge in [0.25, 0.3) is 11.8 Å². The molecule has 132 valence electrons. The van der Waals surface area contributed by atoms with Crippen molar-refractivity contribution in [3.05, 3.63) is 58.1 Å². The van der Waals surface area contributed by atoms with E-state index >= 15 is 0 Å². The monoisotopic (exact) mass is 404 g/mol. The smallest absolute Gasteiger partial charge is 0.255 e. The molecule has 0 saturated heterocycles. The van der Waals surface area contributed by atoms with Crippen LogP contribution in [0.3, 0.4) is 0 Å². The van der Waals surface area contributed by atoms with Gasteiger partial charge in [-0.1, -0.05) is 6.07 Å². The molecule has 0 fully saturated rings. The summed E-state index contributed by atoms with van der Waals surface area (Å²) in [4.78, 5) is 26.0. The maximum absolute atomic E-state index is 12.4.